The lowest BCUT2D eigenvalue weighted by Crippen LogP contribution is -2.56. The molecule has 2 saturated heterocycles. The van der Waals surface area contributed by atoms with Gasteiger partial charge in [-0.3, -0.25) is 9.69 Å². The van der Waals surface area contributed by atoms with Crippen LogP contribution in [0.5, 0.6) is 0 Å². The molecule has 2 heterocycles. The molecule has 1 N–H and O–H groups in total. The molecule has 2 rings (SSSR count). The molecular formula is C9H15NO3. The summed E-state index contributed by atoms with van der Waals surface area (Å²) in [5.41, 5.74) is 0. The summed E-state index contributed by atoms with van der Waals surface area (Å²) in [6.45, 7) is 4.28. The van der Waals surface area contributed by atoms with Crippen molar-refractivity contribution in [1.82, 2.24) is 4.90 Å². The van der Waals surface area contributed by atoms with E-state index in [-0.39, 0.29) is 12.0 Å². The molecule has 0 aromatic rings. The molecule has 0 bridgehead atoms. The Hall–Kier alpha value is -0.610. The van der Waals surface area contributed by atoms with Crippen molar-refractivity contribution in [3.8, 4) is 0 Å². The lowest BCUT2D eigenvalue weighted by atomic mass is 9.95. The number of carboxylic acid groups (broad SMARTS) is 1. The lowest BCUT2D eigenvalue weighted by molar-refractivity contribution is -0.149. The SMILES string of the molecule is CC1OCCC1N1CC(C(=O)O)C1. The van der Waals surface area contributed by atoms with E-state index < -0.39 is 5.97 Å². The summed E-state index contributed by atoms with van der Waals surface area (Å²) >= 11 is 0. The highest BCUT2D eigenvalue weighted by molar-refractivity contribution is 5.71. The van der Waals surface area contributed by atoms with Crippen molar-refractivity contribution >= 4 is 5.97 Å². The van der Waals surface area contributed by atoms with Gasteiger partial charge in [0.05, 0.1) is 12.0 Å². The minimum absolute atomic E-state index is 0.146. The number of ether oxygens (including phenoxy) is 1. The van der Waals surface area contributed by atoms with Crippen molar-refractivity contribution in [2.24, 2.45) is 5.92 Å². The molecule has 13 heavy (non-hydrogen) atoms. The second-order valence-electron chi connectivity index (χ2n) is 3.92. The number of nitrogens with zero attached hydrogens (tertiary/aromatic N) is 1. The number of carboxylic acids is 1. The Bertz CT molecular complexity index is 213. The number of rotatable bonds is 2. The molecule has 0 spiro atoms. The smallest absolute Gasteiger partial charge is 0.309 e. The standard InChI is InChI=1S/C9H15NO3/c1-6-8(2-3-13-6)10-4-7(5-10)9(11)12/h6-8H,2-5H2,1H3,(H,11,12). The van der Waals surface area contributed by atoms with Crippen molar-refractivity contribution in [3.63, 3.8) is 0 Å². The van der Waals surface area contributed by atoms with Crippen molar-refractivity contribution in [1.29, 1.82) is 0 Å². The Morgan fingerprint density at radius 3 is 2.69 bits per heavy atom. The second-order valence-corrected chi connectivity index (χ2v) is 3.92. The number of carbonyl (C=O) groups is 1. The van der Waals surface area contributed by atoms with Crippen molar-refractivity contribution in [2.45, 2.75) is 25.5 Å². The van der Waals surface area contributed by atoms with Gasteiger partial charge in [-0.15, -0.1) is 0 Å². The van der Waals surface area contributed by atoms with Gasteiger partial charge in [0.1, 0.15) is 0 Å². The van der Waals surface area contributed by atoms with Gasteiger partial charge in [-0.25, -0.2) is 0 Å². The maximum Gasteiger partial charge on any atom is 0.309 e. The van der Waals surface area contributed by atoms with E-state index in [0.29, 0.717) is 19.1 Å². The number of hydrogen-bond donors (Lipinski definition) is 1. The van der Waals surface area contributed by atoms with E-state index in [2.05, 4.69) is 11.8 Å². The molecule has 0 saturated carbocycles. The van der Waals surface area contributed by atoms with Crippen LogP contribution in [0.1, 0.15) is 13.3 Å². The zero-order chi connectivity index (χ0) is 9.42. The summed E-state index contributed by atoms with van der Waals surface area (Å²) in [5, 5.41) is 8.70. The Balaban J connectivity index is 1.82. The van der Waals surface area contributed by atoms with Crippen LogP contribution in [-0.2, 0) is 9.53 Å². The molecule has 0 radical (unpaired) electrons. The second kappa shape index (κ2) is 3.27. The predicted molar refractivity (Wildman–Crippen MR) is 46.5 cm³/mol. The summed E-state index contributed by atoms with van der Waals surface area (Å²) in [6, 6.07) is 0.454. The maximum atomic E-state index is 10.6. The average molecular weight is 185 g/mol. The van der Waals surface area contributed by atoms with Crippen LogP contribution in [0.15, 0.2) is 0 Å². The minimum Gasteiger partial charge on any atom is -0.481 e. The maximum absolute atomic E-state index is 10.6. The fourth-order valence-electron chi connectivity index (χ4n) is 2.14. The quantitative estimate of drug-likeness (QED) is 0.666. The molecule has 0 amide bonds. The van der Waals surface area contributed by atoms with Gasteiger partial charge in [0.25, 0.3) is 0 Å². The van der Waals surface area contributed by atoms with E-state index in [0.717, 1.165) is 13.0 Å². The Kier molecular flexibility index (Phi) is 2.26. The highest BCUT2D eigenvalue weighted by Gasteiger charge is 2.40. The number of hydrogen-bond acceptors (Lipinski definition) is 3. The molecule has 2 unspecified atom stereocenters. The normalized spacial score (nSPS) is 36.1. The highest BCUT2D eigenvalue weighted by atomic mass is 16.5. The van der Waals surface area contributed by atoms with Crippen LogP contribution in [0, 0.1) is 5.92 Å². The van der Waals surface area contributed by atoms with Crippen LogP contribution in [-0.4, -0.2) is 47.8 Å². The first-order valence-corrected chi connectivity index (χ1v) is 4.77. The molecule has 2 fully saturated rings. The molecule has 2 atom stereocenters. The fourth-order valence-corrected chi connectivity index (χ4v) is 2.14. The minimum atomic E-state index is -0.664. The van der Waals surface area contributed by atoms with Crippen LogP contribution >= 0.6 is 0 Å². The van der Waals surface area contributed by atoms with E-state index >= 15 is 0 Å². The van der Waals surface area contributed by atoms with Gasteiger partial charge in [-0.2, -0.15) is 0 Å². The molecule has 0 aromatic heterocycles. The largest absolute Gasteiger partial charge is 0.481 e. The Morgan fingerprint density at radius 2 is 2.23 bits per heavy atom. The number of likely N-dealkylation sites (tertiary alicyclic amines) is 1. The monoisotopic (exact) mass is 185 g/mol. The van der Waals surface area contributed by atoms with E-state index in [4.69, 9.17) is 9.84 Å². The van der Waals surface area contributed by atoms with Gasteiger partial charge in [0.2, 0.25) is 0 Å². The molecule has 2 aliphatic heterocycles. The predicted octanol–water partition coefficient (Wildman–Crippen LogP) is 0.180. The van der Waals surface area contributed by atoms with Gasteiger partial charge in [-0.1, -0.05) is 0 Å². The Labute approximate surface area is 77.5 Å². The molecule has 74 valence electrons. The van der Waals surface area contributed by atoms with Gasteiger partial charge in [0, 0.05) is 25.7 Å². The summed E-state index contributed by atoms with van der Waals surface area (Å²) < 4.78 is 5.43. The topological polar surface area (TPSA) is 49.8 Å². The summed E-state index contributed by atoms with van der Waals surface area (Å²) in [4.78, 5) is 12.8. The van der Waals surface area contributed by atoms with Gasteiger partial charge in [-0.05, 0) is 13.3 Å². The third-order valence-corrected chi connectivity index (χ3v) is 3.06. The van der Waals surface area contributed by atoms with Gasteiger partial charge >= 0.3 is 5.97 Å². The molecule has 0 aliphatic carbocycles. The first-order valence-electron chi connectivity index (χ1n) is 4.77. The van der Waals surface area contributed by atoms with E-state index in [1.807, 2.05) is 0 Å². The lowest BCUT2D eigenvalue weighted by Gasteiger charge is -2.41. The third kappa shape index (κ3) is 1.56. The highest BCUT2D eigenvalue weighted by Crippen LogP contribution is 2.26. The first kappa shape index (κ1) is 8.97. The summed E-state index contributed by atoms with van der Waals surface area (Å²) in [5.74, 6) is -0.810. The van der Waals surface area contributed by atoms with Crippen LogP contribution in [0.2, 0.25) is 0 Å². The average Bonchev–Trinajstić information content (AvgIpc) is 2.32. The van der Waals surface area contributed by atoms with E-state index in [9.17, 15) is 4.79 Å². The van der Waals surface area contributed by atoms with E-state index in [1.165, 1.54) is 0 Å². The zero-order valence-corrected chi connectivity index (χ0v) is 7.77. The van der Waals surface area contributed by atoms with E-state index in [1.54, 1.807) is 0 Å². The molecule has 4 heteroatoms. The van der Waals surface area contributed by atoms with Crippen molar-refractivity contribution in [3.05, 3.63) is 0 Å². The van der Waals surface area contributed by atoms with Crippen LogP contribution in [0.4, 0.5) is 0 Å². The first-order chi connectivity index (χ1) is 6.18. The van der Waals surface area contributed by atoms with Crippen LogP contribution in [0.3, 0.4) is 0 Å². The fraction of sp³-hybridized carbons (Fsp3) is 0.889. The van der Waals surface area contributed by atoms with Gasteiger partial charge in [0.15, 0.2) is 0 Å². The summed E-state index contributed by atoms with van der Waals surface area (Å²) in [6.07, 6.45) is 1.32. The zero-order valence-electron chi connectivity index (χ0n) is 7.77. The summed E-state index contributed by atoms with van der Waals surface area (Å²) in [7, 11) is 0. The Morgan fingerprint density at radius 1 is 1.54 bits per heavy atom. The number of aliphatic carboxylic acids is 1. The molecule has 0 aromatic carbocycles. The van der Waals surface area contributed by atoms with Crippen molar-refractivity contribution < 1.29 is 14.6 Å². The molecule has 2 aliphatic rings. The van der Waals surface area contributed by atoms with Crippen LogP contribution < -0.4 is 0 Å². The third-order valence-electron chi connectivity index (χ3n) is 3.06. The van der Waals surface area contributed by atoms with Crippen molar-refractivity contribution in [2.75, 3.05) is 19.7 Å². The molecule has 4 nitrogen and oxygen atoms in total. The molecular weight excluding hydrogens is 170 g/mol. The van der Waals surface area contributed by atoms with Crippen LogP contribution in [0.25, 0.3) is 0 Å². The van der Waals surface area contributed by atoms with Gasteiger partial charge < -0.3 is 9.84 Å².